The normalized spacial score (nSPS) is 12.0. The summed E-state index contributed by atoms with van der Waals surface area (Å²) in [4.78, 5) is 26.5. The SMILES string of the molecule is CNC(=O)[C@@H](C)N(Cc1ccccc1F)C(=O)CCCN(c1ccc(OC)cc1)S(C)(=O)=O. The van der Waals surface area contributed by atoms with Gasteiger partial charge in [-0.3, -0.25) is 13.9 Å². The molecular weight excluding hydrogens is 449 g/mol. The lowest BCUT2D eigenvalue weighted by Crippen LogP contribution is -2.47. The van der Waals surface area contributed by atoms with Gasteiger partial charge in [-0.2, -0.15) is 0 Å². The number of nitrogens with zero attached hydrogens (tertiary/aromatic N) is 2. The molecule has 180 valence electrons. The number of anilines is 1. The lowest BCUT2D eigenvalue weighted by Gasteiger charge is -2.29. The molecule has 10 heteroatoms. The number of sulfonamides is 1. The van der Waals surface area contributed by atoms with E-state index >= 15 is 0 Å². The topological polar surface area (TPSA) is 96.0 Å². The van der Waals surface area contributed by atoms with Crippen molar-refractivity contribution in [2.45, 2.75) is 32.4 Å². The summed E-state index contributed by atoms with van der Waals surface area (Å²) in [5, 5.41) is 2.50. The van der Waals surface area contributed by atoms with Gasteiger partial charge in [0.2, 0.25) is 21.8 Å². The Labute approximate surface area is 194 Å². The van der Waals surface area contributed by atoms with E-state index in [-0.39, 0.29) is 43.3 Å². The summed E-state index contributed by atoms with van der Waals surface area (Å²) in [6, 6.07) is 11.8. The van der Waals surface area contributed by atoms with Crippen LogP contribution in [0, 0.1) is 5.82 Å². The molecule has 0 aliphatic heterocycles. The quantitative estimate of drug-likeness (QED) is 0.534. The van der Waals surface area contributed by atoms with Crippen molar-refractivity contribution in [3.05, 3.63) is 59.9 Å². The van der Waals surface area contributed by atoms with E-state index in [4.69, 9.17) is 4.74 Å². The maximum absolute atomic E-state index is 14.2. The van der Waals surface area contributed by atoms with Crippen LogP contribution >= 0.6 is 0 Å². The van der Waals surface area contributed by atoms with E-state index in [0.29, 0.717) is 11.4 Å². The molecule has 0 fully saturated rings. The van der Waals surface area contributed by atoms with Crippen LogP contribution in [0.2, 0.25) is 0 Å². The number of halogens is 1. The van der Waals surface area contributed by atoms with E-state index in [1.807, 2.05) is 0 Å². The number of methoxy groups -OCH3 is 1. The second-order valence-electron chi connectivity index (χ2n) is 7.54. The minimum absolute atomic E-state index is 0.0159. The molecule has 0 heterocycles. The molecule has 1 atom stereocenters. The van der Waals surface area contributed by atoms with Crippen LogP contribution in [0.5, 0.6) is 5.75 Å². The molecule has 8 nitrogen and oxygen atoms in total. The van der Waals surface area contributed by atoms with Crippen LogP contribution in [-0.4, -0.2) is 58.1 Å². The highest BCUT2D eigenvalue weighted by Crippen LogP contribution is 2.22. The van der Waals surface area contributed by atoms with Crippen molar-refractivity contribution in [3.63, 3.8) is 0 Å². The summed E-state index contributed by atoms with van der Waals surface area (Å²) in [6.07, 6.45) is 1.29. The molecule has 0 aliphatic rings. The molecule has 0 unspecified atom stereocenters. The Morgan fingerprint density at radius 3 is 2.30 bits per heavy atom. The van der Waals surface area contributed by atoms with E-state index in [0.717, 1.165) is 6.26 Å². The first-order valence-corrected chi connectivity index (χ1v) is 12.3. The highest BCUT2D eigenvalue weighted by atomic mass is 32.2. The highest BCUT2D eigenvalue weighted by Gasteiger charge is 2.26. The van der Waals surface area contributed by atoms with Gasteiger partial charge in [-0.1, -0.05) is 18.2 Å². The van der Waals surface area contributed by atoms with Crippen LogP contribution in [0.15, 0.2) is 48.5 Å². The predicted octanol–water partition coefficient (Wildman–Crippen LogP) is 2.54. The number of amides is 2. The Morgan fingerprint density at radius 2 is 1.76 bits per heavy atom. The van der Waals surface area contributed by atoms with E-state index in [9.17, 15) is 22.4 Å². The van der Waals surface area contributed by atoms with Crippen molar-refractivity contribution >= 4 is 27.5 Å². The smallest absolute Gasteiger partial charge is 0.242 e. The number of carbonyl (C=O) groups is 2. The van der Waals surface area contributed by atoms with Gasteiger partial charge in [0, 0.05) is 32.1 Å². The van der Waals surface area contributed by atoms with Gasteiger partial charge in [0.25, 0.3) is 0 Å². The minimum Gasteiger partial charge on any atom is -0.497 e. The molecule has 0 aliphatic carbocycles. The largest absolute Gasteiger partial charge is 0.497 e. The van der Waals surface area contributed by atoms with Crippen LogP contribution in [-0.2, 0) is 26.2 Å². The maximum Gasteiger partial charge on any atom is 0.242 e. The van der Waals surface area contributed by atoms with Gasteiger partial charge in [-0.05, 0) is 43.7 Å². The summed E-state index contributed by atoms with van der Waals surface area (Å²) < 4.78 is 45.1. The van der Waals surface area contributed by atoms with E-state index in [2.05, 4.69) is 5.32 Å². The second kappa shape index (κ2) is 11.6. The molecule has 0 spiro atoms. The monoisotopic (exact) mass is 479 g/mol. The number of benzene rings is 2. The number of likely N-dealkylation sites (N-methyl/N-ethyl adjacent to an activating group) is 1. The van der Waals surface area contributed by atoms with Crippen molar-refractivity contribution in [2.24, 2.45) is 0 Å². The average Bonchev–Trinajstić information content (AvgIpc) is 2.79. The molecule has 0 radical (unpaired) electrons. The van der Waals surface area contributed by atoms with Gasteiger partial charge in [0.05, 0.1) is 19.1 Å². The van der Waals surface area contributed by atoms with Crippen molar-refractivity contribution in [3.8, 4) is 5.75 Å². The number of carbonyl (C=O) groups excluding carboxylic acids is 2. The van der Waals surface area contributed by atoms with Gasteiger partial charge < -0.3 is 15.0 Å². The molecule has 2 amide bonds. The van der Waals surface area contributed by atoms with Crippen LogP contribution in [0.4, 0.5) is 10.1 Å². The van der Waals surface area contributed by atoms with Gasteiger partial charge in [-0.15, -0.1) is 0 Å². The van der Waals surface area contributed by atoms with Crippen LogP contribution in [0.1, 0.15) is 25.3 Å². The van der Waals surface area contributed by atoms with Crippen molar-refractivity contribution in [1.82, 2.24) is 10.2 Å². The first kappa shape index (κ1) is 26.1. The molecule has 0 saturated carbocycles. The lowest BCUT2D eigenvalue weighted by atomic mass is 10.1. The van der Waals surface area contributed by atoms with Gasteiger partial charge in [-0.25, -0.2) is 12.8 Å². The second-order valence-corrected chi connectivity index (χ2v) is 9.45. The zero-order valence-electron chi connectivity index (χ0n) is 19.2. The third-order valence-electron chi connectivity index (χ3n) is 5.22. The molecule has 2 aromatic rings. The minimum atomic E-state index is -3.59. The number of hydrogen-bond donors (Lipinski definition) is 1. The number of ether oxygens (including phenoxy) is 1. The van der Waals surface area contributed by atoms with E-state index < -0.39 is 21.9 Å². The van der Waals surface area contributed by atoms with Gasteiger partial charge in [0.15, 0.2) is 0 Å². The molecule has 0 aromatic heterocycles. The van der Waals surface area contributed by atoms with Crippen LogP contribution in [0.3, 0.4) is 0 Å². The summed E-state index contributed by atoms with van der Waals surface area (Å²) in [7, 11) is -0.612. The molecule has 0 saturated heterocycles. The fourth-order valence-corrected chi connectivity index (χ4v) is 4.32. The molecule has 2 rings (SSSR count). The highest BCUT2D eigenvalue weighted by molar-refractivity contribution is 7.92. The summed E-state index contributed by atoms with van der Waals surface area (Å²) in [5.74, 6) is -0.635. The Hall–Kier alpha value is -3.14. The predicted molar refractivity (Wildman–Crippen MR) is 125 cm³/mol. The fourth-order valence-electron chi connectivity index (χ4n) is 3.35. The summed E-state index contributed by atoms with van der Waals surface area (Å²) in [6.45, 7) is 1.56. The molecule has 1 N–H and O–H groups in total. The summed E-state index contributed by atoms with van der Waals surface area (Å²) >= 11 is 0. The fraction of sp³-hybridized carbons (Fsp3) is 0.391. The van der Waals surface area contributed by atoms with Crippen molar-refractivity contribution in [2.75, 3.05) is 31.3 Å². The van der Waals surface area contributed by atoms with Crippen LogP contribution in [0.25, 0.3) is 0 Å². The molecule has 2 aromatic carbocycles. The average molecular weight is 480 g/mol. The first-order valence-electron chi connectivity index (χ1n) is 10.4. The number of nitrogens with one attached hydrogen (secondary N) is 1. The summed E-state index contributed by atoms with van der Waals surface area (Å²) in [5.41, 5.74) is 0.741. The Kier molecular flexibility index (Phi) is 9.22. The van der Waals surface area contributed by atoms with Crippen molar-refractivity contribution in [1.29, 1.82) is 0 Å². The third kappa shape index (κ3) is 7.18. The van der Waals surface area contributed by atoms with Crippen molar-refractivity contribution < 1.29 is 27.1 Å². The molecule has 0 bridgehead atoms. The molecular formula is C23H30FN3O5S. The zero-order valence-corrected chi connectivity index (χ0v) is 20.1. The van der Waals surface area contributed by atoms with Gasteiger partial charge in [0.1, 0.15) is 17.6 Å². The first-order chi connectivity index (χ1) is 15.6. The number of rotatable bonds is 11. The zero-order chi connectivity index (χ0) is 24.6. The Bertz CT molecular complexity index is 1060. The van der Waals surface area contributed by atoms with Gasteiger partial charge >= 0.3 is 0 Å². The Balaban J connectivity index is 2.14. The standard InChI is InChI=1S/C23H30FN3O5S/c1-17(23(29)25-2)26(16-18-8-5-6-9-21(18)24)22(28)10-7-15-27(33(4,30)31)19-11-13-20(32-3)14-12-19/h5-6,8-9,11-14,17H,7,10,15-16H2,1-4H3,(H,25,29)/t17-/m1/s1. The van der Waals surface area contributed by atoms with Crippen LogP contribution < -0.4 is 14.4 Å². The lowest BCUT2D eigenvalue weighted by molar-refractivity contribution is -0.140. The Morgan fingerprint density at radius 1 is 1.12 bits per heavy atom. The number of hydrogen-bond acceptors (Lipinski definition) is 5. The third-order valence-corrected chi connectivity index (χ3v) is 6.42. The van der Waals surface area contributed by atoms with E-state index in [1.54, 1.807) is 49.4 Å². The van der Waals surface area contributed by atoms with E-state index in [1.165, 1.54) is 29.4 Å². The molecule has 33 heavy (non-hydrogen) atoms. The maximum atomic E-state index is 14.2.